The van der Waals surface area contributed by atoms with Crippen LogP contribution in [-0.2, 0) is 51.1 Å². The van der Waals surface area contributed by atoms with Crippen LogP contribution in [0.4, 0.5) is 5.69 Å². The number of fused-ring (bicyclic) bond motifs is 6. The van der Waals surface area contributed by atoms with Crippen molar-refractivity contribution in [2.24, 2.45) is 17.3 Å². The largest absolute Gasteiger partial charge is 0.464 e. The number of likely N-dealkylation sites (N-methyl/N-ethyl adjacent to an activating group) is 1. The molecule has 0 saturated carbocycles. The maximum Gasteiger partial charge on any atom is 0.324 e. The summed E-state index contributed by atoms with van der Waals surface area (Å²) in [5, 5.41) is 5.60. The third kappa shape index (κ3) is 9.86. The van der Waals surface area contributed by atoms with Gasteiger partial charge in [0.2, 0.25) is 17.7 Å². The molecule has 0 spiro atoms. The molecule has 358 valence electrons. The number of anilines is 1. The van der Waals surface area contributed by atoms with E-state index in [0.717, 1.165) is 39.1 Å². The highest BCUT2D eigenvalue weighted by Gasteiger charge is 2.42. The molecule has 7 atom stereocenters. The molecule has 16 nitrogen and oxygen atoms in total. The van der Waals surface area contributed by atoms with Gasteiger partial charge in [-0.1, -0.05) is 34.3 Å². The Labute approximate surface area is 389 Å². The van der Waals surface area contributed by atoms with Gasteiger partial charge in [-0.05, 0) is 94.3 Å². The lowest BCUT2D eigenvalue weighted by Crippen LogP contribution is -2.63. The lowest BCUT2D eigenvalue weighted by atomic mass is 9.84. The topological polar surface area (TPSA) is 168 Å². The van der Waals surface area contributed by atoms with E-state index in [9.17, 15) is 24.0 Å². The summed E-state index contributed by atoms with van der Waals surface area (Å²) in [7, 11) is 3.30. The van der Waals surface area contributed by atoms with Crippen molar-refractivity contribution in [1.82, 2.24) is 35.1 Å². The summed E-state index contributed by atoms with van der Waals surface area (Å²) in [6.07, 6.45) is 4.51. The first kappa shape index (κ1) is 48.6. The number of hydrogen-bond acceptors (Lipinski definition) is 11. The van der Waals surface area contributed by atoms with Gasteiger partial charge in [0.05, 0.1) is 48.8 Å². The van der Waals surface area contributed by atoms with Crippen molar-refractivity contribution in [3.63, 3.8) is 0 Å². The number of aryl methyl sites for hydroxylation is 1. The maximum absolute atomic E-state index is 14.8. The average Bonchev–Trinajstić information content (AvgIpc) is 3.92. The molecule has 4 amide bonds. The second kappa shape index (κ2) is 20.3. The van der Waals surface area contributed by atoms with Gasteiger partial charge in [-0.2, -0.15) is 0 Å². The minimum atomic E-state index is -1.07. The van der Waals surface area contributed by atoms with E-state index in [1.165, 1.54) is 16.0 Å². The SMILES string of the molecule is C=CC(=O)N1CC[C@H](C(=O)N(C)[C@H](C(=O)N[C@H]2C[C@@H]3OCCN(c4ccc5c(c4)c(c(-c4cccnc4[C@H](C)OC)n5CC)CC(C)(C)COC(=O)[C@@H]4CCCN(N4)C2=O)[C@H]3C)C(C)C)C1. The van der Waals surface area contributed by atoms with Crippen LogP contribution in [0, 0.1) is 17.3 Å². The molecule has 1 aromatic carbocycles. The van der Waals surface area contributed by atoms with E-state index in [4.69, 9.17) is 19.2 Å². The number of nitrogens with one attached hydrogen (secondary N) is 2. The monoisotopic (exact) mass is 911 g/mol. The van der Waals surface area contributed by atoms with E-state index in [1.54, 1.807) is 25.3 Å². The number of amides is 4. The highest BCUT2D eigenvalue weighted by atomic mass is 16.5. The molecule has 4 aliphatic rings. The third-order valence-electron chi connectivity index (χ3n) is 14.1. The molecule has 7 rings (SSSR count). The van der Waals surface area contributed by atoms with Crippen molar-refractivity contribution in [2.45, 2.75) is 123 Å². The van der Waals surface area contributed by atoms with Crippen molar-refractivity contribution < 1.29 is 38.2 Å². The smallest absolute Gasteiger partial charge is 0.324 e. The van der Waals surface area contributed by atoms with E-state index >= 15 is 0 Å². The van der Waals surface area contributed by atoms with Crippen molar-refractivity contribution in [2.75, 3.05) is 58.5 Å². The van der Waals surface area contributed by atoms with E-state index in [0.29, 0.717) is 58.5 Å². The average molecular weight is 911 g/mol. The number of morpholine rings is 1. The Morgan fingerprint density at radius 2 is 1.89 bits per heavy atom. The fourth-order valence-corrected chi connectivity index (χ4v) is 10.5. The standard InChI is InChI=1S/C50H70N8O8/c1-11-42(59)55-22-19-33(28-55)47(61)54(9)44(30(3)4)46(60)52-39-26-41-31(5)57(23-24-65-41)34-17-18-40-36(25-34)37(45(56(40)12-2)35-15-13-20-51-43(35)32(6)64-10)27-50(7,8)29-66-49(63)38-16-14-21-58(53-38)48(39)62/h11,13,15,17-18,20,25,30-33,38-39,41,44,53H,1,12,14,16,19,21-24,26-29H2,2-10H3,(H,52,60)/t31-,32-,33-,38-,39-,41-,44-/m0/s1. The van der Waals surface area contributed by atoms with Gasteiger partial charge in [0.15, 0.2) is 0 Å². The molecule has 0 radical (unpaired) electrons. The Balaban J connectivity index is 1.27. The number of rotatable bonds is 10. The summed E-state index contributed by atoms with van der Waals surface area (Å²) in [5.41, 5.74) is 8.74. The Morgan fingerprint density at radius 1 is 1.12 bits per heavy atom. The Hall–Kier alpha value is -5.32. The van der Waals surface area contributed by atoms with Gasteiger partial charge >= 0.3 is 5.97 Å². The molecule has 3 fully saturated rings. The van der Waals surface area contributed by atoms with Crippen LogP contribution < -0.4 is 15.6 Å². The highest BCUT2D eigenvalue weighted by Crippen LogP contribution is 2.42. The van der Waals surface area contributed by atoms with Gasteiger partial charge in [0.25, 0.3) is 5.91 Å². The second-order valence-electron chi connectivity index (χ2n) is 19.6. The number of likely N-dealkylation sites (tertiary alicyclic amines) is 1. The molecule has 0 aliphatic carbocycles. The number of carbonyl (C=O) groups is 5. The zero-order valence-corrected chi connectivity index (χ0v) is 40.3. The lowest BCUT2D eigenvalue weighted by molar-refractivity contribution is -0.156. The lowest BCUT2D eigenvalue weighted by Gasteiger charge is -2.43. The molecular formula is C50H70N8O8. The first-order chi connectivity index (χ1) is 31.5. The van der Waals surface area contributed by atoms with Crippen LogP contribution in [0.15, 0.2) is 49.2 Å². The number of hydrazine groups is 1. The van der Waals surface area contributed by atoms with Crippen LogP contribution in [0.2, 0.25) is 0 Å². The van der Waals surface area contributed by atoms with Gasteiger partial charge in [0.1, 0.15) is 18.1 Å². The van der Waals surface area contributed by atoms with E-state index in [2.05, 4.69) is 78.7 Å². The third-order valence-corrected chi connectivity index (χ3v) is 14.1. The molecule has 2 N–H and O–H groups in total. The number of methoxy groups -OCH3 is 1. The number of cyclic esters (lactones) is 1. The summed E-state index contributed by atoms with van der Waals surface area (Å²) in [6.45, 7) is 20.6. The van der Waals surface area contributed by atoms with Gasteiger partial charge in [0, 0.05) is 87.1 Å². The fraction of sp³-hybridized carbons (Fsp3) is 0.600. The van der Waals surface area contributed by atoms with E-state index in [-0.39, 0.29) is 49.5 Å². The van der Waals surface area contributed by atoms with Gasteiger partial charge in [-0.25, -0.2) is 5.43 Å². The number of aromatic nitrogens is 2. The molecule has 3 saturated heterocycles. The zero-order valence-electron chi connectivity index (χ0n) is 40.3. The molecule has 6 heterocycles. The molecule has 6 bridgehead atoms. The number of pyridine rings is 1. The normalized spacial score (nSPS) is 24.7. The van der Waals surface area contributed by atoms with E-state index < -0.39 is 53.3 Å². The minimum absolute atomic E-state index is 0.136. The van der Waals surface area contributed by atoms with Crippen LogP contribution in [0.5, 0.6) is 0 Å². The van der Waals surface area contributed by atoms with Crippen LogP contribution in [0.1, 0.15) is 91.5 Å². The van der Waals surface area contributed by atoms with Crippen molar-refractivity contribution in [1.29, 1.82) is 0 Å². The fourth-order valence-electron chi connectivity index (χ4n) is 10.5. The predicted molar refractivity (Wildman–Crippen MR) is 252 cm³/mol. The van der Waals surface area contributed by atoms with Crippen LogP contribution >= 0.6 is 0 Å². The zero-order chi connectivity index (χ0) is 47.6. The molecule has 16 heteroatoms. The minimum Gasteiger partial charge on any atom is -0.464 e. The quantitative estimate of drug-likeness (QED) is 0.207. The second-order valence-corrected chi connectivity index (χ2v) is 19.6. The van der Waals surface area contributed by atoms with E-state index in [1.807, 2.05) is 26.8 Å². The summed E-state index contributed by atoms with van der Waals surface area (Å²) in [6, 6.07) is 7.66. The Bertz CT molecular complexity index is 2310. The van der Waals surface area contributed by atoms with Crippen LogP contribution in [-0.4, -0.2) is 138 Å². The van der Waals surface area contributed by atoms with Gasteiger partial charge < -0.3 is 38.8 Å². The summed E-state index contributed by atoms with van der Waals surface area (Å²) >= 11 is 0. The molecule has 0 unspecified atom stereocenters. The van der Waals surface area contributed by atoms with Crippen molar-refractivity contribution >= 4 is 46.2 Å². The Morgan fingerprint density at radius 3 is 2.61 bits per heavy atom. The van der Waals surface area contributed by atoms with Crippen LogP contribution in [0.3, 0.4) is 0 Å². The molecule has 3 aromatic rings. The number of hydrogen-bond donors (Lipinski definition) is 2. The highest BCUT2D eigenvalue weighted by molar-refractivity contribution is 5.95. The number of benzene rings is 1. The predicted octanol–water partition coefficient (Wildman–Crippen LogP) is 5.04. The van der Waals surface area contributed by atoms with Crippen molar-refractivity contribution in [3.8, 4) is 11.3 Å². The summed E-state index contributed by atoms with van der Waals surface area (Å²) in [5.74, 6) is -2.59. The van der Waals surface area contributed by atoms with Gasteiger partial charge in [-0.3, -0.25) is 34.0 Å². The number of esters is 1. The maximum atomic E-state index is 14.8. The molecule has 4 aliphatic heterocycles. The number of ether oxygens (including phenoxy) is 3. The number of nitrogens with zero attached hydrogens (tertiary/aromatic N) is 6. The van der Waals surface area contributed by atoms with Crippen molar-refractivity contribution in [3.05, 3.63) is 60.4 Å². The molecule has 66 heavy (non-hydrogen) atoms. The number of carbonyl (C=O) groups excluding carboxylic acids is 5. The first-order valence-corrected chi connectivity index (χ1v) is 23.7. The molecular weight excluding hydrogens is 841 g/mol. The summed E-state index contributed by atoms with van der Waals surface area (Å²) < 4.78 is 20.8. The summed E-state index contributed by atoms with van der Waals surface area (Å²) in [4.78, 5) is 79.8. The van der Waals surface area contributed by atoms with Crippen LogP contribution in [0.25, 0.3) is 22.2 Å². The van der Waals surface area contributed by atoms with Gasteiger partial charge in [-0.15, -0.1) is 0 Å². The first-order valence-electron chi connectivity index (χ1n) is 23.7. The Kier molecular flexibility index (Phi) is 14.9. The molecule has 2 aromatic heterocycles.